The van der Waals surface area contributed by atoms with E-state index in [1.54, 1.807) is 24.3 Å². The van der Waals surface area contributed by atoms with Crippen molar-refractivity contribution in [2.24, 2.45) is 5.73 Å². The maximum Gasteiger partial charge on any atom is 0.271 e. The lowest BCUT2D eigenvalue weighted by atomic mass is 10.1. The first-order chi connectivity index (χ1) is 8.88. The molecule has 1 aromatic heterocycles. The number of hydrogen-bond acceptors (Lipinski definition) is 5. The van der Waals surface area contributed by atoms with E-state index in [1.165, 1.54) is 0 Å². The van der Waals surface area contributed by atoms with Crippen LogP contribution in [-0.2, 0) is 10.0 Å². The summed E-state index contributed by atoms with van der Waals surface area (Å²) in [5.41, 5.74) is 6.02. The molecule has 2 rings (SSSR count). The summed E-state index contributed by atoms with van der Waals surface area (Å²) >= 11 is 0. The number of H-pyrrole nitrogens is 1. The molecular weight excluding hydrogens is 270 g/mol. The van der Waals surface area contributed by atoms with E-state index in [9.17, 15) is 13.2 Å². The Morgan fingerprint density at radius 3 is 2.63 bits per heavy atom. The van der Waals surface area contributed by atoms with Crippen LogP contribution in [0.25, 0.3) is 11.3 Å². The van der Waals surface area contributed by atoms with Crippen molar-refractivity contribution in [3.8, 4) is 11.3 Å². The van der Waals surface area contributed by atoms with Crippen LogP contribution in [-0.4, -0.2) is 36.0 Å². The van der Waals surface area contributed by atoms with Crippen LogP contribution < -0.4 is 10.5 Å². The summed E-state index contributed by atoms with van der Waals surface area (Å²) in [7, 11) is -3.45. The molecule has 0 saturated carbocycles. The number of anilines is 1. The van der Waals surface area contributed by atoms with Crippen molar-refractivity contribution in [1.82, 2.24) is 15.4 Å². The van der Waals surface area contributed by atoms with Crippen LogP contribution in [0.4, 0.5) is 5.69 Å². The maximum atomic E-state index is 11.3. The van der Waals surface area contributed by atoms with E-state index < -0.39 is 15.9 Å². The molecule has 8 nitrogen and oxygen atoms in total. The fraction of sp³-hybridized carbons (Fsp3) is 0.100. The van der Waals surface area contributed by atoms with Crippen LogP contribution in [0.15, 0.2) is 24.3 Å². The van der Waals surface area contributed by atoms with Crippen molar-refractivity contribution in [2.75, 3.05) is 11.0 Å². The highest BCUT2D eigenvalue weighted by Gasteiger charge is 2.18. The van der Waals surface area contributed by atoms with Gasteiger partial charge in [0.05, 0.1) is 11.9 Å². The highest BCUT2D eigenvalue weighted by molar-refractivity contribution is 7.92. The lowest BCUT2D eigenvalue weighted by Crippen LogP contribution is -2.14. The number of para-hydroxylation sites is 1. The normalized spacial score (nSPS) is 11.2. The lowest BCUT2D eigenvalue weighted by Gasteiger charge is -2.08. The minimum absolute atomic E-state index is 0.0530. The number of carbonyl (C=O) groups excluding carboxylic acids is 1. The Labute approximate surface area is 109 Å². The van der Waals surface area contributed by atoms with Crippen LogP contribution in [0.5, 0.6) is 0 Å². The number of benzene rings is 1. The SMILES string of the molecule is CS(=O)(=O)Nc1ccccc1-c1n[nH]nc1C(N)=O. The van der Waals surface area contributed by atoms with Crippen LogP contribution in [0.1, 0.15) is 10.5 Å². The topological polar surface area (TPSA) is 131 Å². The molecule has 1 heterocycles. The number of carbonyl (C=O) groups is 1. The van der Waals surface area contributed by atoms with Crippen molar-refractivity contribution in [3.63, 3.8) is 0 Å². The van der Waals surface area contributed by atoms with E-state index in [0.29, 0.717) is 11.3 Å². The zero-order valence-electron chi connectivity index (χ0n) is 9.91. The quantitative estimate of drug-likeness (QED) is 0.722. The number of nitrogens with two attached hydrogens (primary N) is 1. The molecule has 2 aromatic rings. The van der Waals surface area contributed by atoms with E-state index >= 15 is 0 Å². The van der Waals surface area contributed by atoms with Crippen LogP contribution in [0.2, 0.25) is 0 Å². The van der Waals surface area contributed by atoms with Gasteiger partial charge in [0.2, 0.25) is 10.0 Å². The van der Waals surface area contributed by atoms with Gasteiger partial charge in [-0.1, -0.05) is 18.2 Å². The van der Waals surface area contributed by atoms with E-state index in [4.69, 9.17) is 5.73 Å². The van der Waals surface area contributed by atoms with Crippen molar-refractivity contribution >= 4 is 21.6 Å². The molecule has 19 heavy (non-hydrogen) atoms. The van der Waals surface area contributed by atoms with Crippen molar-refractivity contribution in [1.29, 1.82) is 0 Å². The minimum atomic E-state index is -3.45. The summed E-state index contributed by atoms with van der Waals surface area (Å²) in [6.07, 6.45) is 1.03. The van der Waals surface area contributed by atoms with E-state index in [2.05, 4.69) is 20.1 Å². The fourth-order valence-corrected chi connectivity index (χ4v) is 2.15. The number of primary amides is 1. The van der Waals surface area contributed by atoms with Crippen LogP contribution in [0, 0.1) is 0 Å². The molecule has 0 unspecified atom stereocenters. The smallest absolute Gasteiger partial charge is 0.271 e. The molecule has 0 fully saturated rings. The molecule has 0 aliphatic heterocycles. The first kappa shape index (κ1) is 13.0. The Morgan fingerprint density at radius 2 is 2.00 bits per heavy atom. The fourth-order valence-electron chi connectivity index (χ4n) is 1.57. The van der Waals surface area contributed by atoms with Gasteiger partial charge in [0, 0.05) is 5.56 Å². The van der Waals surface area contributed by atoms with Crippen molar-refractivity contribution < 1.29 is 13.2 Å². The Morgan fingerprint density at radius 1 is 1.32 bits per heavy atom. The molecule has 0 saturated heterocycles. The molecule has 0 spiro atoms. The Balaban J connectivity index is 2.57. The number of aromatic nitrogens is 3. The molecule has 0 aliphatic rings. The minimum Gasteiger partial charge on any atom is -0.364 e. The third-order valence-electron chi connectivity index (χ3n) is 2.26. The number of rotatable bonds is 4. The Hall–Kier alpha value is -2.42. The number of amides is 1. The monoisotopic (exact) mass is 281 g/mol. The van der Waals surface area contributed by atoms with Gasteiger partial charge in [0.15, 0.2) is 5.69 Å². The first-order valence-electron chi connectivity index (χ1n) is 5.16. The van der Waals surface area contributed by atoms with Crippen molar-refractivity contribution in [2.45, 2.75) is 0 Å². The number of hydrogen-bond donors (Lipinski definition) is 3. The van der Waals surface area contributed by atoms with E-state index in [-0.39, 0.29) is 11.4 Å². The second kappa shape index (κ2) is 4.69. The summed E-state index contributed by atoms with van der Waals surface area (Å²) in [4.78, 5) is 11.2. The number of sulfonamides is 1. The van der Waals surface area contributed by atoms with E-state index in [0.717, 1.165) is 6.26 Å². The van der Waals surface area contributed by atoms with E-state index in [1.807, 2.05) is 0 Å². The second-order valence-electron chi connectivity index (χ2n) is 3.80. The standard InChI is InChI=1S/C10H11N5O3S/c1-19(17,18)14-7-5-3-2-4-6(7)8-9(10(11)16)13-15-12-8/h2-5,14H,1H3,(H2,11,16)(H,12,13,15). The highest BCUT2D eigenvalue weighted by atomic mass is 32.2. The maximum absolute atomic E-state index is 11.3. The lowest BCUT2D eigenvalue weighted by molar-refractivity contribution is 0.0996. The zero-order valence-corrected chi connectivity index (χ0v) is 10.7. The summed E-state index contributed by atoms with van der Waals surface area (Å²) in [5, 5.41) is 9.76. The van der Waals surface area contributed by atoms with Gasteiger partial charge in [-0.2, -0.15) is 15.4 Å². The van der Waals surface area contributed by atoms with Crippen LogP contribution in [0.3, 0.4) is 0 Å². The molecule has 0 atom stereocenters. The predicted octanol–water partition coefficient (Wildman–Crippen LogP) is -0.0579. The molecule has 9 heteroatoms. The Kier molecular flexibility index (Phi) is 3.21. The highest BCUT2D eigenvalue weighted by Crippen LogP contribution is 2.28. The predicted molar refractivity (Wildman–Crippen MR) is 68.8 cm³/mol. The third-order valence-corrected chi connectivity index (χ3v) is 2.85. The van der Waals surface area contributed by atoms with Gasteiger partial charge in [-0.15, -0.1) is 0 Å². The molecule has 0 bridgehead atoms. The number of nitrogens with one attached hydrogen (secondary N) is 2. The Bertz CT molecular complexity index is 722. The summed E-state index contributed by atoms with van der Waals surface area (Å²) in [6, 6.07) is 6.50. The van der Waals surface area contributed by atoms with Crippen LogP contribution >= 0.6 is 0 Å². The largest absolute Gasteiger partial charge is 0.364 e. The van der Waals surface area contributed by atoms with Crippen molar-refractivity contribution in [3.05, 3.63) is 30.0 Å². The molecular formula is C10H11N5O3S. The molecule has 1 amide bonds. The van der Waals surface area contributed by atoms with Gasteiger partial charge in [0.1, 0.15) is 5.69 Å². The number of aromatic amines is 1. The summed E-state index contributed by atoms with van der Waals surface area (Å²) < 4.78 is 24.9. The van der Waals surface area contributed by atoms with Gasteiger partial charge in [-0.3, -0.25) is 9.52 Å². The molecule has 100 valence electrons. The average molecular weight is 281 g/mol. The molecule has 4 N–H and O–H groups in total. The van der Waals surface area contributed by atoms with Gasteiger partial charge in [-0.05, 0) is 6.07 Å². The summed E-state index contributed by atoms with van der Waals surface area (Å²) in [6.45, 7) is 0. The summed E-state index contributed by atoms with van der Waals surface area (Å²) in [5.74, 6) is -0.752. The average Bonchev–Trinajstić information content (AvgIpc) is 2.76. The molecule has 0 radical (unpaired) electrons. The van der Waals surface area contributed by atoms with Gasteiger partial charge in [0.25, 0.3) is 5.91 Å². The zero-order chi connectivity index (χ0) is 14.0. The van der Waals surface area contributed by atoms with Gasteiger partial charge < -0.3 is 5.73 Å². The number of nitrogens with zero attached hydrogens (tertiary/aromatic N) is 2. The molecule has 0 aliphatic carbocycles. The van der Waals surface area contributed by atoms with Gasteiger partial charge >= 0.3 is 0 Å². The first-order valence-corrected chi connectivity index (χ1v) is 7.05. The third kappa shape index (κ3) is 2.88. The molecule has 1 aromatic carbocycles. The van der Waals surface area contributed by atoms with Gasteiger partial charge in [-0.25, -0.2) is 8.42 Å². The second-order valence-corrected chi connectivity index (χ2v) is 5.55.